The molecule has 0 spiro atoms. The van der Waals surface area contributed by atoms with Gasteiger partial charge in [0, 0.05) is 11.1 Å². The van der Waals surface area contributed by atoms with Gasteiger partial charge in [0.1, 0.15) is 6.10 Å². The van der Waals surface area contributed by atoms with E-state index in [9.17, 15) is 5.11 Å². The number of aliphatic hydroxyl groups is 1. The zero-order valence-electron chi connectivity index (χ0n) is 33.0. The van der Waals surface area contributed by atoms with E-state index in [-0.39, 0.29) is 28.3 Å². The Labute approximate surface area is 327 Å². The van der Waals surface area contributed by atoms with Gasteiger partial charge in [0.2, 0.25) is 0 Å². The van der Waals surface area contributed by atoms with Crippen molar-refractivity contribution >= 4 is 45.9 Å². The summed E-state index contributed by atoms with van der Waals surface area (Å²) in [6, 6.07) is 18.8. The molecule has 6 heteroatoms. The summed E-state index contributed by atoms with van der Waals surface area (Å²) < 4.78 is 0. The Hall–Kier alpha value is -3.73. The fourth-order valence-corrected chi connectivity index (χ4v) is 8.76. The van der Waals surface area contributed by atoms with Crippen molar-refractivity contribution in [2.75, 3.05) is 0 Å². The molecule has 1 atom stereocenters. The molecule has 0 amide bonds. The van der Waals surface area contributed by atoms with E-state index >= 15 is 0 Å². The van der Waals surface area contributed by atoms with Gasteiger partial charge < -0.3 is 15.1 Å². The van der Waals surface area contributed by atoms with Gasteiger partial charge in [-0.3, -0.25) is 0 Å². The Morgan fingerprint density at radius 3 is 1.42 bits per heavy atom. The third-order valence-corrected chi connectivity index (χ3v) is 11.9. The largest absolute Gasteiger partial charge is 2.00 e. The molecule has 0 aliphatic carbocycles. The third-order valence-electron chi connectivity index (χ3n) is 11.9. The molecule has 0 saturated carbocycles. The normalized spacial score (nSPS) is 13.3. The summed E-state index contributed by atoms with van der Waals surface area (Å²) in [6.45, 7) is 18.1. The number of hydrogen-bond donors (Lipinski definition) is 1. The molecule has 6 rings (SSSR count). The maximum absolute atomic E-state index is 12.2. The summed E-state index contributed by atoms with van der Waals surface area (Å²) in [5.41, 5.74) is 14.1. The molecule has 0 radical (unpaired) electrons. The first-order valence-electron chi connectivity index (χ1n) is 20.2. The van der Waals surface area contributed by atoms with Crippen LogP contribution in [0.25, 0.3) is 45.9 Å². The predicted molar refractivity (Wildman–Crippen MR) is 220 cm³/mol. The van der Waals surface area contributed by atoms with E-state index in [0.29, 0.717) is 11.8 Å². The number of benzene rings is 1. The van der Waals surface area contributed by atoms with Crippen molar-refractivity contribution < 1.29 is 21.6 Å². The molecule has 2 aliphatic heterocycles. The summed E-state index contributed by atoms with van der Waals surface area (Å²) in [7, 11) is 0. The van der Waals surface area contributed by atoms with Crippen molar-refractivity contribution in [2.24, 2.45) is 0 Å². The van der Waals surface area contributed by atoms with Crippen LogP contribution in [-0.4, -0.2) is 15.1 Å². The van der Waals surface area contributed by atoms with Crippen molar-refractivity contribution in [3.63, 3.8) is 0 Å². The fraction of sp³-hybridized carbons (Fsp3) is 0.447. The Kier molecular flexibility index (Phi) is 13.8. The Bertz CT molecular complexity index is 2070. The minimum Gasteiger partial charge on any atom is -0.657 e. The van der Waals surface area contributed by atoms with Gasteiger partial charge in [-0.15, -0.1) is 22.1 Å². The fourth-order valence-electron chi connectivity index (χ4n) is 8.76. The van der Waals surface area contributed by atoms with Crippen LogP contribution in [0.4, 0.5) is 0 Å². The van der Waals surface area contributed by atoms with Crippen LogP contribution in [0.2, 0.25) is 0 Å². The quantitative estimate of drug-likeness (QED) is 0.114. The van der Waals surface area contributed by atoms with Crippen LogP contribution in [0.1, 0.15) is 187 Å². The number of aromatic nitrogens is 4. The van der Waals surface area contributed by atoms with E-state index in [1.807, 2.05) is 30.3 Å². The molecular weight excluding hydrogens is 695 g/mol. The SMILES string of the molecule is CCC(CC)c1c2nc(c(C(CC)CC)c3ccc([n-]3)c(C(CC)CC)c3ccc([n-]3)c(C(CC)CC)c3nc1C=C3C(O)c1ccccc1)C=C2.[Ni+2]. The summed E-state index contributed by atoms with van der Waals surface area (Å²) in [5, 5.41) is 12.2. The Morgan fingerprint density at radius 2 is 0.906 bits per heavy atom. The molecule has 282 valence electrons. The van der Waals surface area contributed by atoms with Gasteiger partial charge in [0.05, 0.1) is 22.8 Å². The molecule has 1 N–H and O–H groups in total. The van der Waals surface area contributed by atoms with E-state index in [2.05, 4.69) is 97.9 Å². The van der Waals surface area contributed by atoms with E-state index in [1.165, 1.54) is 11.1 Å². The Balaban J connectivity index is 0.00000541. The second kappa shape index (κ2) is 18.1. The van der Waals surface area contributed by atoms with Crippen LogP contribution in [0.15, 0.2) is 54.6 Å². The molecule has 3 aromatic heterocycles. The van der Waals surface area contributed by atoms with Crippen LogP contribution in [0, 0.1) is 0 Å². The maximum Gasteiger partial charge on any atom is 2.00 e. The average molecular weight is 754 g/mol. The van der Waals surface area contributed by atoms with Crippen molar-refractivity contribution in [3.8, 4) is 0 Å². The van der Waals surface area contributed by atoms with Crippen LogP contribution in [0.3, 0.4) is 0 Å². The molecule has 0 fully saturated rings. The van der Waals surface area contributed by atoms with Gasteiger partial charge in [-0.05, 0) is 110 Å². The van der Waals surface area contributed by atoms with Gasteiger partial charge in [0.25, 0.3) is 0 Å². The summed E-state index contributed by atoms with van der Waals surface area (Å²) in [4.78, 5) is 22.0. The number of nitrogens with zero attached hydrogens (tertiary/aromatic N) is 4. The van der Waals surface area contributed by atoms with E-state index in [0.717, 1.165) is 118 Å². The van der Waals surface area contributed by atoms with Gasteiger partial charge in [-0.25, -0.2) is 9.97 Å². The van der Waals surface area contributed by atoms with Crippen molar-refractivity contribution in [1.29, 1.82) is 0 Å². The van der Waals surface area contributed by atoms with Crippen LogP contribution in [-0.2, 0) is 16.5 Å². The van der Waals surface area contributed by atoms with Crippen LogP contribution in [0.5, 0.6) is 0 Å². The summed E-state index contributed by atoms with van der Waals surface area (Å²) >= 11 is 0. The van der Waals surface area contributed by atoms with Gasteiger partial charge in [-0.1, -0.05) is 116 Å². The standard InChI is InChI=1S/C47H58N4O.Ni/c1-9-29(10-2)42-35-22-23-36(48-35)43(30(11-3)12-4)38-26-27-40(50-38)45(32(15-7)16-8)46-34(47(52)33-20-18-17-19-21-33)28-41(51-46)44(31(13-5)14-6)39-25-24-37(42)49-39;/h17-32,47,52H,9-16H2,1-8H3;/q-2;+2. The molecule has 5 heterocycles. The predicted octanol–water partition coefficient (Wildman–Crippen LogP) is 12.6. The zero-order chi connectivity index (χ0) is 36.9. The van der Waals surface area contributed by atoms with Gasteiger partial charge in [0.15, 0.2) is 0 Å². The smallest absolute Gasteiger partial charge is 0.657 e. The molecule has 8 bridgehead atoms. The topological polar surface area (TPSA) is 74.2 Å². The monoisotopic (exact) mass is 752 g/mol. The summed E-state index contributed by atoms with van der Waals surface area (Å²) in [6.07, 6.45) is 13.6. The molecule has 4 aromatic rings. The molecule has 0 saturated heterocycles. The molecular formula is C47H58N4NiO. The molecule has 5 nitrogen and oxygen atoms in total. The van der Waals surface area contributed by atoms with Gasteiger partial charge >= 0.3 is 16.5 Å². The van der Waals surface area contributed by atoms with Crippen molar-refractivity contribution in [1.82, 2.24) is 19.9 Å². The molecule has 1 unspecified atom stereocenters. The molecule has 53 heavy (non-hydrogen) atoms. The van der Waals surface area contributed by atoms with Gasteiger partial charge in [-0.2, -0.15) is 0 Å². The van der Waals surface area contributed by atoms with Crippen molar-refractivity contribution in [2.45, 2.75) is 137 Å². The van der Waals surface area contributed by atoms with Crippen molar-refractivity contribution in [3.05, 3.63) is 105 Å². The molecule has 2 aliphatic rings. The molecule has 1 aromatic carbocycles. The number of hydrogen-bond acceptors (Lipinski definition) is 3. The van der Waals surface area contributed by atoms with E-state index in [1.54, 1.807) is 0 Å². The zero-order valence-corrected chi connectivity index (χ0v) is 34.0. The third kappa shape index (κ3) is 7.78. The minimum atomic E-state index is -0.836. The number of aliphatic hydroxyl groups excluding tert-OH is 1. The average Bonchev–Trinajstić information content (AvgIpc) is 4.01. The van der Waals surface area contributed by atoms with E-state index in [4.69, 9.17) is 19.9 Å². The van der Waals surface area contributed by atoms with E-state index < -0.39 is 6.10 Å². The second-order valence-corrected chi connectivity index (χ2v) is 14.6. The Morgan fingerprint density at radius 1 is 0.491 bits per heavy atom. The maximum atomic E-state index is 12.2. The first-order chi connectivity index (χ1) is 25.3. The number of rotatable bonds is 14. The first kappa shape index (κ1) is 40.5. The van der Waals surface area contributed by atoms with Crippen LogP contribution >= 0.6 is 0 Å². The first-order valence-corrected chi connectivity index (χ1v) is 20.2. The van der Waals surface area contributed by atoms with Crippen LogP contribution < -0.4 is 9.97 Å². The summed E-state index contributed by atoms with van der Waals surface area (Å²) in [5.74, 6) is 1.11. The minimum absolute atomic E-state index is 0. The second-order valence-electron chi connectivity index (χ2n) is 14.6. The number of fused-ring (bicyclic) bond motifs is 8.